The summed E-state index contributed by atoms with van der Waals surface area (Å²) in [5, 5.41) is 3.61. The van der Waals surface area contributed by atoms with E-state index in [4.69, 9.17) is 9.47 Å². The highest BCUT2D eigenvalue weighted by Gasteiger charge is 2.35. The molecule has 2 atom stereocenters. The van der Waals surface area contributed by atoms with Crippen molar-refractivity contribution in [3.8, 4) is 11.5 Å². The molecule has 0 spiro atoms. The molecule has 0 aliphatic carbocycles. The first-order valence-electron chi connectivity index (χ1n) is 7.05. The van der Waals surface area contributed by atoms with Crippen LogP contribution in [0.25, 0.3) is 0 Å². The Labute approximate surface area is 114 Å². The van der Waals surface area contributed by atoms with E-state index in [1.54, 1.807) is 14.2 Å². The first-order chi connectivity index (χ1) is 9.33. The van der Waals surface area contributed by atoms with Gasteiger partial charge in [-0.2, -0.15) is 0 Å². The Hall–Kier alpha value is -1.42. The summed E-state index contributed by atoms with van der Waals surface area (Å²) < 4.78 is 10.9. The summed E-state index contributed by atoms with van der Waals surface area (Å²) in [6.07, 6.45) is 3.73. The van der Waals surface area contributed by atoms with E-state index in [2.05, 4.69) is 16.3 Å². The molecule has 0 amide bonds. The van der Waals surface area contributed by atoms with Crippen LogP contribution in [0.3, 0.4) is 0 Å². The van der Waals surface area contributed by atoms with Crippen LogP contribution in [0.15, 0.2) is 18.2 Å². The zero-order valence-corrected chi connectivity index (χ0v) is 11.7. The highest BCUT2D eigenvalue weighted by Crippen LogP contribution is 2.37. The normalized spacial score (nSPS) is 26.1. The van der Waals surface area contributed by atoms with Gasteiger partial charge in [0.1, 0.15) is 11.5 Å². The highest BCUT2D eigenvalue weighted by atomic mass is 16.5. The number of methoxy groups -OCH3 is 2. The standard InChI is InChI=1S/C15H22N2O2/c1-18-11-5-6-15(19-2)14(10-11)17-9-3-4-12-13(17)7-8-16-12/h5-6,10,12-13,16H,3-4,7-9H2,1-2H3. The zero-order chi connectivity index (χ0) is 13.2. The SMILES string of the molecule is COc1ccc(OC)c(N2CCCC3NCCC32)c1. The molecule has 1 aromatic carbocycles. The molecule has 0 radical (unpaired) electrons. The number of anilines is 1. The van der Waals surface area contributed by atoms with Gasteiger partial charge in [-0.05, 0) is 37.9 Å². The minimum Gasteiger partial charge on any atom is -0.497 e. The average Bonchev–Trinajstić information content (AvgIpc) is 2.94. The van der Waals surface area contributed by atoms with Crippen LogP contribution in [0, 0.1) is 0 Å². The summed E-state index contributed by atoms with van der Waals surface area (Å²) >= 11 is 0. The van der Waals surface area contributed by atoms with Gasteiger partial charge in [-0.1, -0.05) is 0 Å². The van der Waals surface area contributed by atoms with Crippen molar-refractivity contribution in [1.29, 1.82) is 0 Å². The third-order valence-corrected chi connectivity index (χ3v) is 4.32. The van der Waals surface area contributed by atoms with Crippen molar-refractivity contribution in [2.24, 2.45) is 0 Å². The van der Waals surface area contributed by atoms with Crippen molar-refractivity contribution in [1.82, 2.24) is 5.32 Å². The molecular formula is C15H22N2O2. The number of rotatable bonds is 3. The second-order valence-electron chi connectivity index (χ2n) is 5.29. The molecule has 104 valence electrons. The molecule has 0 aromatic heterocycles. The fraction of sp³-hybridized carbons (Fsp3) is 0.600. The minimum absolute atomic E-state index is 0.592. The molecule has 2 fully saturated rings. The molecule has 1 aromatic rings. The topological polar surface area (TPSA) is 33.7 Å². The van der Waals surface area contributed by atoms with E-state index in [0.717, 1.165) is 24.6 Å². The second-order valence-corrected chi connectivity index (χ2v) is 5.29. The van der Waals surface area contributed by atoms with Gasteiger partial charge in [0.05, 0.1) is 19.9 Å². The van der Waals surface area contributed by atoms with Crippen molar-refractivity contribution >= 4 is 5.69 Å². The summed E-state index contributed by atoms with van der Waals surface area (Å²) in [4.78, 5) is 2.50. The number of hydrogen-bond donors (Lipinski definition) is 1. The number of piperidine rings is 1. The molecular weight excluding hydrogens is 240 g/mol. The maximum absolute atomic E-state index is 5.53. The van der Waals surface area contributed by atoms with Crippen molar-refractivity contribution in [2.45, 2.75) is 31.3 Å². The van der Waals surface area contributed by atoms with Crippen LogP contribution < -0.4 is 19.7 Å². The lowest BCUT2D eigenvalue weighted by Gasteiger charge is -2.39. The Bertz CT molecular complexity index is 450. The van der Waals surface area contributed by atoms with Gasteiger partial charge in [-0.15, -0.1) is 0 Å². The molecule has 2 saturated heterocycles. The Morgan fingerprint density at radius 1 is 1.21 bits per heavy atom. The molecule has 0 saturated carbocycles. The fourth-order valence-electron chi connectivity index (χ4n) is 3.39. The van der Waals surface area contributed by atoms with Gasteiger partial charge >= 0.3 is 0 Å². The minimum atomic E-state index is 0.592. The molecule has 2 aliphatic rings. The largest absolute Gasteiger partial charge is 0.497 e. The molecule has 19 heavy (non-hydrogen) atoms. The van der Waals surface area contributed by atoms with Crippen molar-refractivity contribution < 1.29 is 9.47 Å². The second kappa shape index (κ2) is 5.29. The fourth-order valence-corrected chi connectivity index (χ4v) is 3.39. The monoisotopic (exact) mass is 262 g/mol. The lowest BCUT2D eigenvalue weighted by Crippen LogP contribution is -2.48. The Morgan fingerprint density at radius 3 is 2.89 bits per heavy atom. The maximum atomic E-state index is 5.53. The van der Waals surface area contributed by atoms with Crippen LogP contribution in [-0.4, -0.2) is 39.4 Å². The van der Waals surface area contributed by atoms with E-state index in [-0.39, 0.29) is 0 Å². The quantitative estimate of drug-likeness (QED) is 0.904. The lowest BCUT2D eigenvalue weighted by molar-refractivity contribution is 0.385. The zero-order valence-electron chi connectivity index (χ0n) is 11.7. The molecule has 2 unspecified atom stereocenters. The van der Waals surface area contributed by atoms with Crippen molar-refractivity contribution in [3.05, 3.63) is 18.2 Å². The van der Waals surface area contributed by atoms with E-state index in [1.807, 2.05) is 12.1 Å². The van der Waals surface area contributed by atoms with Crippen molar-refractivity contribution in [3.63, 3.8) is 0 Å². The van der Waals surface area contributed by atoms with Gasteiger partial charge in [0.2, 0.25) is 0 Å². The van der Waals surface area contributed by atoms with Gasteiger partial charge in [-0.25, -0.2) is 0 Å². The van der Waals surface area contributed by atoms with Gasteiger partial charge in [0.25, 0.3) is 0 Å². The maximum Gasteiger partial charge on any atom is 0.142 e. The van der Waals surface area contributed by atoms with Crippen molar-refractivity contribution in [2.75, 3.05) is 32.2 Å². The summed E-state index contributed by atoms with van der Waals surface area (Å²) in [5.41, 5.74) is 1.17. The third-order valence-electron chi connectivity index (χ3n) is 4.32. The number of hydrogen-bond acceptors (Lipinski definition) is 4. The number of fused-ring (bicyclic) bond motifs is 1. The van der Waals surface area contributed by atoms with Gasteiger partial charge in [0.15, 0.2) is 0 Å². The Kier molecular flexibility index (Phi) is 3.51. The van der Waals surface area contributed by atoms with E-state index >= 15 is 0 Å². The molecule has 4 heteroatoms. The van der Waals surface area contributed by atoms with Crippen LogP contribution in [0.5, 0.6) is 11.5 Å². The first-order valence-corrected chi connectivity index (χ1v) is 7.05. The van der Waals surface area contributed by atoms with Crippen LogP contribution in [0.4, 0.5) is 5.69 Å². The summed E-state index contributed by atoms with van der Waals surface area (Å²) in [6, 6.07) is 7.27. The first kappa shape index (κ1) is 12.6. The van der Waals surface area contributed by atoms with Gasteiger partial charge in [0, 0.05) is 24.7 Å². The molecule has 2 aliphatic heterocycles. The van der Waals surface area contributed by atoms with Crippen LogP contribution >= 0.6 is 0 Å². The Morgan fingerprint density at radius 2 is 2.11 bits per heavy atom. The number of benzene rings is 1. The smallest absolute Gasteiger partial charge is 0.142 e. The predicted molar refractivity (Wildman–Crippen MR) is 76.3 cm³/mol. The number of ether oxygens (including phenoxy) is 2. The summed E-state index contributed by atoms with van der Waals surface area (Å²) in [5.74, 6) is 1.83. The molecule has 0 bridgehead atoms. The molecule has 2 heterocycles. The van der Waals surface area contributed by atoms with Gasteiger partial charge < -0.3 is 19.7 Å². The predicted octanol–water partition coefficient (Wildman–Crippen LogP) is 2.03. The molecule has 4 nitrogen and oxygen atoms in total. The summed E-state index contributed by atoms with van der Waals surface area (Å²) in [6.45, 7) is 2.23. The Balaban J connectivity index is 1.95. The van der Waals surface area contributed by atoms with Gasteiger partial charge in [-0.3, -0.25) is 0 Å². The molecule has 3 rings (SSSR count). The van der Waals surface area contributed by atoms with E-state index in [9.17, 15) is 0 Å². The van der Waals surface area contributed by atoms with Crippen LogP contribution in [0.1, 0.15) is 19.3 Å². The summed E-state index contributed by atoms with van der Waals surface area (Å²) in [7, 11) is 3.45. The average molecular weight is 262 g/mol. The van der Waals surface area contributed by atoms with Crippen LogP contribution in [0.2, 0.25) is 0 Å². The van der Waals surface area contributed by atoms with Crippen LogP contribution in [-0.2, 0) is 0 Å². The molecule has 1 N–H and O–H groups in total. The highest BCUT2D eigenvalue weighted by molar-refractivity contribution is 5.63. The van der Waals surface area contributed by atoms with E-state index < -0.39 is 0 Å². The third kappa shape index (κ3) is 2.25. The lowest BCUT2D eigenvalue weighted by atomic mass is 9.96. The number of nitrogens with zero attached hydrogens (tertiary/aromatic N) is 1. The van der Waals surface area contributed by atoms with E-state index in [1.165, 1.54) is 24.9 Å². The number of nitrogens with one attached hydrogen (secondary N) is 1. The van der Waals surface area contributed by atoms with E-state index in [0.29, 0.717) is 12.1 Å².